The van der Waals surface area contributed by atoms with E-state index in [1.165, 1.54) is 0 Å². The molecule has 0 aliphatic rings. The summed E-state index contributed by atoms with van der Waals surface area (Å²) in [5, 5.41) is 11.2. The first-order chi connectivity index (χ1) is 7.65. The van der Waals surface area contributed by atoms with E-state index in [0.29, 0.717) is 6.54 Å². The molecule has 0 radical (unpaired) electrons. The van der Waals surface area contributed by atoms with Gasteiger partial charge in [-0.1, -0.05) is 21.1 Å². The Hall–Kier alpha value is -0.880. The van der Waals surface area contributed by atoms with Gasteiger partial charge in [0.2, 0.25) is 0 Å². The lowest BCUT2D eigenvalue weighted by atomic mass is 10.3. The van der Waals surface area contributed by atoms with Crippen LogP contribution in [0.3, 0.4) is 0 Å². The molecule has 1 N–H and O–H groups in total. The maximum absolute atomic E-state index is 4.01. The predicted molar refractivity (Wildman–Crippen MR) is 70.2 cm³/mol. The zero-order valence-corrected chi connectivity index (χ0v) is 11.8. The predicted octanol–water partition coefficient (Wildman–Crippen LogP) is 2.95. The van der Waals surface area contributed by atoms with Gasteiger partial charge in [-0.3, -0.25) is 4.68 Å². The Morgan fingerprint density at radius 2 is 2.19 bits per heavy atom. The van der Waals surface area contributed by atoms with Crippen LogP contribution in [-0.2, 0) is 13.6 Å². The van der Waals surface area contributed by atoms with Crippen LogP contribution in [0, 0.1) is 0 Å². The fourth-order valence-electron chi connectivity index (χ4n) is 1.30. The molecule has 16 heavy (non-hydrogen) atoms. The van der Waals surface area contributed by atoms with Crippen LogP contribution in [0.25, 0.3) is 0 Å². The Kier molecular flexibility index (Phi) is 3.60. The van der Waals surface area contributed by atoms with Gasteiger partial charge in [0.05, 0.1) is 6.54 Å². The highest BCUT2D eigenvalue weighted by Gasteiger charge is 2.02. The molecule has 1 aromatic heterocycles. The van der Waals surface area contributed by atoms with E-state index in [4.69, 9.17) is 0 Å². The largest absolute Gasteiger partial charge is 0.378 e. The van der Waals surface area contributed by atoms with E-state index in [2.05, 4.69) is 47.5 Å². The van der Waals surface area contributed by atoms with Crippen LogP contribution in [0.5, 0.6) is 0 Å². The molecule has 0 aliphatic carbocycles. The van der Waals surface area contributed by atoms with Crippen LogP contribution in [0.15, 0.2) is 33.3 Å². The van der Waals surface area contributed by atoms with Gasteiger partial charge in [0, 0.05) is 27.9 Å². The standard InChI is InChI=1S/C10H10Br2N4/c1-16-6-8(14-15-16)5-13-10-4-7(11)2-3-9(10)12/h2-4,6,13H,5H2,1H3. The first kappa shape index (κ1) is 11.6. The molecule has 2 aromatic rings. The highest BCUT2D eigenvalue weighted by molar-refractivity contribution is 9.11. The summed E-state index contributed by atoms with van der Waals surface area (Å²) in [4.78, 5) is 0. The number of benzene rings is 1. The molecule has 0 amide bonds. The lowest BCUT2D eigenvalue weighted by Gasteiger charge is -2.06. The maximum atomic E-state index is 4.01. The fraction of sp³-hybridized carbons (Fsp3) is 0.200. The van der Waals surface area contributed by atoms with E-state index >= 15 is 0 Å². The van der Waals surface area contributed by atoms with E-state index in [-0.39, 0.29) is 0 Å². The van der Waals surface area contributed by atoms with Gasteiger partial charge in [-0.15, -0.1) is 5.10 Å². The SMILES string of the molecule is Cn1cc(CNc2cc(Br)ccc2Br)nn1. The molecule has 1 heterocycles. The normalized spacial score (nSPS) is 10.4. The smallest absolute Gasteiger partial charge is 0.102 e. The molecule has 0 aliphatic heterocycles. The van der Waals surface area contributed by atoms with E-state index in [1.54, 1.807) is 4.68 Å². The number of aryl methyl sites for hydroxylation is 1. The highest BCUT2D eigenvalue weighted by atomic mass is 79.9. The van der Waals surface area contributed by atoms with Crippen LogP contribution in [0.4, 0.5) is 5.69 Å². The number of nitrogens with one attached hydrogen (secondary N) is 1. The summed E-state index contributed by atoms with van der Waals surface area (Å²) >= 11 is 6.92. The molecule has 0 saturated carbocycles. The summed E-state index contributed by atoms with van der Waals surface area (Å²) in [5.74, 6) is 0. The second kappa shape index (κ2) is 4.97. The molecular formula is C10H10Br2N4. The lowest BCUT2D eigenvalue weighted by Crippen LogP contribution is -2.00. The van der Waals surface area contributed by atoms with Gasteiger partial charge in [0.25, 0.3) is 0 Å². The third-order valence-electron chi connectivity index (χ3n) is 2.04. The minimum absolute atomic E-state index is 0.656. The second-order valence-corrected chi connectivity index (χ2v) is 5.13. The van der Waals surface area contributed by atoms with Crippen molar-refractivity contribution in [1.82, 2.24) is 15.0 Å². The van der Waals surface area contributed by atoms with E-state index in [1.807, 2.05) is 31.4 Å². The molecule has 0 spiro atoms. The Balaban J connectivity index is 2.07. The average Bonchev–Trinajstić information content (AvgIpc) is 2.66. The number of hydrogen-bond acceptors (Lipinski definition) is 3. The van der Waals surface area contributed by atoms with Crippen molar-refractivity contribution in [3.8, 4) is 0 Å². The minimum atomic E-state index is 0.656. The molecule has 0 saturated heterocycles. The summed E-state index contributed by atoms with van der Waals surface area (Å²) in [7, 11) is 1.85. The number of hydrogen-bond donors (Lipinski definition) is 1. The van der Waals surface area contributed by atoms with Crippen molar-refractivity contribution in [1.29, 1.82) is 0 Å². The minimum Gasteiger partial charge on any atom is -0.378 e. The third-order valence-corrected chi connectivity index (χ3v) is 3.22. The Labute approximate surface area is 110 Å². The van der Waals surface area contributed by atoms with Crippen LogP contribution in [-0.4, -0.2) is 15.0 Å². The molecule has 0 unspecified atom stereocenters. The van der Waals surface area contributed by atoms with Crippen molar-refractivity contribution < 1.29 is 0 Å². The third kappa shape index (κ3) is 2.82. The quantitative estimate of drug-likeness (QED) is 0.930. The maximum Gasteiger partial charge on any atom is 0.102 e. The van der Waals surface area contributed by atoms with Crippen molar-refractivity contribution in [2.75, 3.05) is 5.32 Å². The van der Waals surface area contributed by atoms with Crippen LogP contribution in [0.1, 0.15) is 5.69 Å². The van der Waals surface area contributed by atoms with Gasteiger partial charge < -0.3 is 5.32 Å². The van der Waals surface area contributed by atoms with Gasteiger partial charge in [-0.25, -0.2) is 0 Å². The van der Waals surface area contributed by atoms with Crippen LogP contribution < -0.4 is 5.32 Å². The fourth-order valence-corrected chi connectivity index (χ4v) is 2.04. The van der Waals surface area contributed by atoms with Gasteiger partial charge in [-0.05, 0) is 34.1 Å². The molecule has 1 aromatic carbocycles. The topological polar surface area (TPSA) is 42.7 Å². The zero-order valence-electron chi connectivity index (χ0n) is 8.61. The monoisotopic (exact) mass is 344 g/mol. The Bertz CT molecular complexity index is 495. The zero-order chi connectivity index (χ0) is 11.5. The van der Waals surface area contributed by atoms with Crippen molar-refractivity contribution in [3.05, 3.63) is 39.0 Å². The summed E-state index contributed by atoms with van der Waals surface area (Å²) < 4.78 is 3.75. The first-order valence-electron chi connectivity index (χ1n) is 4.69. The number of aromatic nitrogens is 3. The molecule has 84 valence electrons. The molecule has 4 nitrogen and oxygen atoms in total. The van der Waals surface area contributed by atoms with Gasteiger partial charge in [-0.2, -0.15) is 0 Å². The van der Waals surface area contributed by atoms with Gasteiger partial charge in [0.1, 0.15) is 5.69 Å². The number of anilines is 1. The molecule has 0 bridgehead atoms. The lowest BCUT2D eigenvalue weighted by molar-refractivity contribution is 0.713. The van der Waals surface area contributed by atoms with E-state index < -0.39 is 0 Å². The van der Waals surface area contributed by atoms with Crippen LogP contribution >= 0.6 is 31.9 Å². The Morgan fingerprint density at radius 1 is 1.38 bits per heavy atom. The van der Waals surface area contributed by atoms with Crippen molar-refractivity contribution in [3.63, 3.8) is 0 Å². The summed E-state index contributed by atoms with van der Waals surface area (Å²) in [5.41, 5.74) is 1.94. The second-order valence-electron chi connectivity index (χ2n) is 3.36. The highest BCUT2D eigenvalue weighted by Crippen LogP contribution is 2.26. The number of halogens is 2. The average molecular weight is 346 g/mol. The van der Waals surface area contributed by atoms with E-state index in [9.17, 15) is 0 Å². The molecule has 6 heteroatoms. The molecule has 2 rings (SSSR count). The summed E-state index contributed by atoms with van der Waals surface area (Å²) in [6.07, 6.45) is 1.89. The molecule has 0 atom stereocenters. The van der Waals surface area contributed by atoms with Crippen molar-refractivity contribution in [2.45, 2.75) is 6.54 Å². The number of rotatable bonds is 3. The summed E-state index contributed by atoms with van der Waals surface area (Å²) in [6.45, 7) is 0.656. The van der Waals surface area contributed by atoms with Crippen molar-refractivity contribution in [2.24, 2.45) is 7.05 Å². The van der Waals surface area contributed by atoms with Gasteiger partial charge in [0.15, 0.2) is 0 Å². The number of nitrogens with zero attached hydrogens (tertiary/aromatic N) is 3. The molecular weight excluding hydrogens is 336 g/mol. The Morgan fingerprint density at radius 3 is 2.88 bits per heavy atom. The first-order valence-corrected chi connectivity index (χ1v) is 6.28. The van der Waals surface area contributed by atoms with Gasteiger partial charge >= 0.3 is 0 Å². The van der Waals surface area contributed by atoms with Crippen LogP contribution in [0.2, 0.25) is 0 Å². The van der Waals surface area contributed by atoms with E-state index in [0.717, 1.165) is 20.3 Å². The summed E-state index contributed by atoms with van der Waals surface area (Å²) in [6, 6.07) is 5.99. The van der Waals surface area contributed by atoms with Crippen molar-refractivity contribution >= 4 is 37.5 Å². The molecule has 0 fully saturated rings.